The molecule has 1 aliphatic carbocycles. The summed E-state index contributed by atoms with van der Waals surface area (Å²) in [6.45, 7) is -0.253. The second-order valence-electron chi connectivity index (χ2n) is 7.57. The minimum Gasteiger partial charge on any atom is -0.463 e. The van der Waals surface area contributed by atoms with Gasteiger partial charge in [-0.1, -0.05) is 19.3 Å². The summed E-state index contributed by atoms with van der Waals surface area (Å²) in [5, 5.41) is 35.1. The first-order chi connectivity index (χ1) is 14.0. The summed E-state index contributed by atoms with van der Waals surface area (Å²) >= 11 is 0. The zero-order valence-corrected chi connectivity index (χ0v) is 15.8. The van der Waals surface area contributed by atoms with Crippen LogP contribution in [-0.4, -0.2) is 55.7 Å². The summed E-state index contributed by atoms with van der Waals surface area (Å²) in [5.74, 6) is -0.286. The van der Waals surface area contributed by atoms with Gasteiger partial charge in [-0.05, 0) is 25.0 Å². The molecule has 10 nitrogen and oxygen atoms in total. The highest BCUT2D eigenvalue weighted by atomic mass is 16.6. The molecule has 4 N–H and O–H groups in total. The quantitative estimate of drug-likeness (QED) is 0.612. The van der Waals surface area contributed by atoms with Crippen LogP contribution in [0.15, 0.2) is 18.5 Å². The van der Waals surface area contributed by atoms with Crippen molar-refractivity contribution in [3.8, 4) is 6.07 Å². The van der Waals surface area contributed by atoms with Gasteiger partial charge in [0, 0.05) is 0 Å². The molecule has 0 radical (unpaired) electrons. The number of fused-ring (bicyclic) bond motifs is 1. The molecule has 2 aromatic heterocycles. The maximum atomic E-state index is 12.3. The van der Waals surface area contributed by atoms with Gasteiger partial charge in [0.15, 0.2) is 5.82 Å². The van der Waals surface area contributed by atoms with Gasteiger partial charge in [-0.2, -0.15) is 10.4 Å². The smallest absolute Gasteiger partial charge is 0.309 e. The molecule has 0 aromatic carbocycles. The van der Waals surface area contributed by atoms with Gasteiger partial charge in [-0.25, -0.2) is 9.50 Å². The zero-order chi connectivity index (χ0) is 20.6. The number of hydrogen-bond acceptors (Lipinski definition) is 9. The van der Waals surface area contributed by atoms with Gasteiger partial charge < -0.3 is 25.4 Å². The van der Waals surface area contributed by atoms with Crippen molar-refractivity contribution in [3.63, 3.8) is 0 Å². The fraction of sp³-hybridized carbons (Fsp3) is 0.579. The maximum absolute atomic E-state index is 12.3. The van der Waals surface area contributed by atoms with Crippen molar-refractivity contribution in [2.45, 2.75) is 56.0 Å². The summed E-state index contributed by atoms with van der Waals surface area (Å²) in [6.07, 6.45) is 1.85. The van der Waals surface area contributed by atoms with Crippen LogP contribution in [0.25, 0.3) is 5.52 Å². The highest BCUT2D eigenvalue weighted by Gasteiger charge is 2.57. The standard InChI is InChI=1S/C19H23N5O5/c20-9-19(14-7-6-12-17(21)22-10-23-24(12)14)16(26)15(25)13(29-19)8-28-18(27)11-4-2-1-3-5-11/h6-7,10-11,13,15-16,25-26H,1-5,8H2,(H2,21,22,23)/t13-,15-,16-,19+/m1/s1. The van der Waals surface area contributed by atoms with Crippen LogP contribution >= 0.6 is 0 Å². The lowest BCUT2D eigenvalue weighted by molar-refractivity contribution is -0.156. The third kappa shape index (κ3) is 3.21. The van der Waals surface area contributed by atoms with Gasteiger partial charge in [0.1, 0.15) is 42.8 Å². The van der Waals surface area contributed by atoms with Crippen LogP contribution in [0.2, 0.25) is 0 Å². The fourth-order valence-electron chi connectivity index (χ4n) is 4.17. The zero-order valence-electron chi connectivity index (χ0n) is 15.8. The third-order valence-electron chi connectivity index (χ3n) is 5.81. The molecule has 10 heteroatoms. The Morgan fingerprint density at radius 3 is 2.86 bits per heavy atom. The number of aromatic nitrogens is 3. The van der Waals surface area contributed by atoms with Gasteiger partial charge in [0.2, 0.25) is 5.60 Å². The molecule has 29 heavy (non-hydrogen) atoms. The SMILES string of the molecule is N#C[C@@]1(c2ccc3c(N)ncnn23)O[C@H](COC(=O)C2CCCCC2)[C@@H](O)[C@H]1O. The predicted molar refractivity (Wildman–Crippen MR) is 99.1 cm³/mol. The molecule has 1 saturated heterocycles. The monoisotopic (exact) mass is 401 g/mol. The van der Waals surface area contributed by atoms with Crippen molar-refractivity contribution >= 4 is 17.3 Å². The molecule has 3 heterocycles. The Labute approximate surface area is 166 Å². The molecule has 0 amide bonds. The number of aliphatic hydroxyl groups is 2. The lowest BCUT2D eigenvalue weighted by Crippen LogP contribution is -2.41. The molecule has 0 unspecified atom stereocenters. The summed E-state index contributed by atoms with van der Waals surface area (Å²) in [4.78, 5) is 16.2. The topological polar surface area (TPSA) is 156 Å². The Bertz CT molecular complexity index is 950. The van der Waals surface area contributed by atoms with E-state index in [9.17, 15) is 20.3 Å². The molecule has 4 atom stereocenters. The number of nitrogens with zero attached hydrogens (tertiary/aromatic N) is 4. The van der Waals surface area contributed by atoms with Gasteiger partial charge >= 0.3 is 5.97 Å². The van der Waals surface area contributed by atoms with E-state index in [1.54, 1.807) is 6.07 Å². The Hall–Kier alpha value is -2.74. The average molecular weight is 401 g/mol. The van der Waals surface area contributed by atoms with Gasteiger partial charge in [-0.15, -0.1) is 0 Å². The minimum atomic E-state index is -1.89. The molecule has 154 valence electrons. The third-order valence-corrected chi connectivity index (χ3v) is 5.81. The second kappa shape index (κ2) is 7.59. The first kappa shape index (κ1) is 19.6. The molecule has 4 rings (SSSR count). The first-order valence-electron chi connectivity index (χ1n) is 9.68. The summed E-state index contributed by atoms with van der Waals surface area (Å²) < 4.78 is 12.5. The van der Waals surface area contributed by atoms with Crippen LogP contribution in [0.1, 0.15) is 37.8 Å². The summed E-state index contributed by atoms with van der Waals surface area (Å²) in [7, 11) is 0. The van der Waals surface area contributed by atoms with E-state index >= 15 is 0 Å². The van der Waals surface area contributed by atoms with Crippen LogP contribution in [0.5, 0.6) is 0 Å². The number of anilines is 1. The Kier molecular flexibility index (Phi) is 5.12. The normalized spacial score (nSPS) is 30.3. The van der Waals surface area contributed by atoms with E-state index < -0.39 is 23.9 Å². The Balaban J connectivity index is 1.55. The van der Waals surface area contributed by atoms with Crippen molar-refractivity contribution in [2.24, 2.45) is 5.92 Å². The number of aliphatic hydroxyl groups excluding tert-OH is 2. The van der Waals surface area contributed by atoms with E-state index in [2.05, 4.69) is 10.1 Å². The number of ether oxygens (including phenoxy) is 2. The molecule has 2 aliphatic rings. The number of carbonyl (C=O) groups excluding carboxylic acids is 1. The van der Waals surface area contributed by atoms with Gasteiger partial charge in [-0.3, -0.25) is 4.79 Å². The number of carbonyl (C=O) groups is 1. The van der Waals surface area contributed by atoms with Crippen LogP contribution < -0.4 is 5.73 Å². The number of esters is 1. The van der Waals surface area contributed by atoms with Crippen LogP contribution in [0.4, 0.5) is 5.82 Å². The van der Waals surface area contributed by atoms with Gasteiger partial charge in [0.05, 0.1) is 11.6 Å². The number of nitrogen functional groups attached to an aromatic ring is 1. The molecule has 2 aromatic rings. The van der Waals surface area contributed by atoms with Crippen LogP contribution in [-0.2, 0) is 19.9 Å². The molecule has 0 spiro atoms. The Morgan fingerprint density at radius 2 is 2.14 bits per heavy atom. The maximum Gasteiger partial charge on any atom is 0.309 e. The summed E-state index contributed by atoms with van der Waals surface area (Å²) in [6, 6.07) is 5.10. The van der Waals surface area contributed by atoms with Crippen LogP contribution in [0.3, 0.4) is 0 Å². The minimum absolute atomic E-state index is 0.151. The van der Waals surface area contributed by atoms with Crippen molar-refractivity contribution < 1.29 is 24.5 Å². The molecular weight excluding hydrogens is 378 g/mol. The van der Waals surface area contributed by atoms with Crippen molar-refractivity contribution in [1.29, 1.82) is 5.26 Å². The highest BCUT2D eigenvalue weighted by molar-refractivity contribution is 5.72. The van der Waals surface area contributed by atoms with E-state index in [1.807, 2.05) is 6.07 Å². The molecule has 1 aliphatic heterocycles. The highest BCUT2D eigenvalue weighted by Crippen LogP contribution is 2.40. The molecule has 1 saturated carbocycles. The van der Waals surface area contributed by atoms with Crippen molar-refractivity contribution in [3.05, 3.63) is 24.2 Å². The number of nitriles is 1. The van der Waals surface area contributed by atoms with Crippen LogP contribution in [0, 0.1) is 17.2 Å². The van der Waals surface area contributed by atoms with E-state index in [4.69, 9.17) is 15.2 Å². The van der Waals surface area contributed by atoms with E-state index in [0.29, 0.717) is 5.52 Å². The Morgan fingerprint density at radius 1 is 1.38 bits per heavy atom. The lowest BCUT2D eigenvalue weighted by Gasteiger charge is -2.24. The molecular formula is C19H23N5O5. The largest absolute Gasteiger partial charge is 0.463 e. The first-order valence-corrected chi connectivity index (χ1v) is 9.68. The van der Waals surface area contributed by atoms with Crippen molar-refractivity contribution in [2.75, 3.05) is 12.3 Å². The van der Waals surface area contributed by atoms with E-state index in [0.717, 1.165) is 32.1 Å². The number of nitrogens with two attached hydrogens (primary N) is 1. The fourth-order valence-corrected chi connectivity index (χ4v) is 4.17. The van der Waals surface area contributed by atoms with E-state index in [-0.39, 0.29) is 30.0 Å². The number of hydrogen-bond donors (Lipinski definition) is 3. The molecule has 0 bridgehead atoms. The summed E-state index contributed by atoms with van der Waals surface area (Å²) in [5.41, 5.74) is 4.58. The second-order valence-corrected chi connectivity index (χ2v) is 7.57. The molecule has 2 fully saturated rings. The predicted octanol–water partition coefficient (Wildman–Crippen LogP) is 0.274. The number of rotatable bonds is 4. The van der Waals surface area contributed by atoms with Gasteiger partial charge in [0.25, 0.3) is 0 Å². The lowest BCUT2D eigenvalue weighted by atomic mass is 9.89. The van der Waals surface area contributed by atoms with E-state index in [1.165, 1.54) is 16.9 Å². The van der Waals surface area contributed by atoms with Crippen molar-refractivity contribution in [1.82, 2.24) is 14.6 Å². The average Bonchev–Trinajstić information content (AvgIpc) is 3.29.